The summed E-state index contributed by atoms with van der Waals surface area (Å²) >= 11 is 0. The van der Waals surface area contributed by atoms with E-state index in [4.69, 9.17) is 14.7 Å². The van der Waals surface area contributed by atoms with Gasteiger partial charge in [0.05, 0.1) is 0 Å². The molecule has 27 heavy (non-hydrogen) atoms. The topological polar surface area (TPSA) is 99.0 Å². The zero-order valence-electron chi connectivity index (χ0n) is 17.1. The summed E-state index contributed by atoms with van der Waals surface area (Å²) in [4.78, 5) is 37.4. The highest BCUT2D eigenvalue weighted by Crippen LogP contribution is 2.45. The Morgan fingerprint density at radius 3 is 1.93 bits per heavy atom. The van der Waals surface area contributed by atoms with Crippen LogP contribution in [0.25, 0.3) is 0 Å². The molecule has 0 aliphatic heterocycles. The Morgan fingerprint density at radius 2 is 1.37 bits per heavy atom. The van der Waals surface area contributed by atoms with Crippen molar-refractivity contribution in [1.82, 2.24) is 5.32 Å². The summed E-state index contributed by atoms with van der Waals surface area (Å²) in [6.07, 6.45) is 21.1. The lowest BCUT2D eigenvalue weighted by molar-refractivity contribution is -0.121. The van der Waals surface area contributed by atoms with Crippen molar-refractivity contribution in [2.24, 2.45) is 0 Å². The Morgan fingerprint density at radius 1 is 0.852 bits per heavy atom. The molecule has 7 heteroatoms. The maximum absolute atomic E-state index is 11.5. The molecule has 0 heterocycles. The molecule has 0 saturated carbocycles. The van der Waals surface area contributed by atoms with Gasteiger partial charge in [-0.2, -0.15) is 19.2 Å². The van der Waals surface area contributed by atoms with Crippen LogP contribution in [0.1, 0.15) is 96.8 Å². The molecule has 0 spiro atoms. The molecule has 0 atom stereocenters. The van der Waals surface area contributed by atoms with E-state index in [0.29, 0.717) is 6.42 Å². The van der Waals surface area contributed by atoms with Crippen LogP contribution in [-0.4, -0.2) is 33.7 Å². The summed E-state index contributed by atoms with van der Waals surface area (Å²) in [7, 11) is -4.19. The minimum absolute atomic E-state index is 0.0750. The quantitative estimate of drug-likeness (QED) is 0.140. The minimum atomic E-state index is -4.19. The molecule has 0 rings (SSSR count). The summed E-state index contributed by atoms with van der Waals surface area (Å²) in [6.45, 7) is 2.29. The first-order valence-corrected chi connectivity index (χ1v) is 12.2. The summed E-state index contributed by atoms with van der Waals surface area (Å²) in [6, 6.07) is 0. The van der Waals surface area contributed by atoms with Gasteiger partial charge in [0.25, 0.3) is 0 Å². The van der Waals surface area contributed by atoms with Gasteiger partial charge in [-0.1, -0.05) is 70.4 Å². The van der Waals surface area contributed by atoms with E-state index < -0.39 is 8.17 Å². The molecule has 160 valence electrons. The lowest BCUT2D eigenvalue weighted by Crippen LogP contribution is -2.26. The normalized spacial score (nSPS) is 12.0. The molecule has 0 saturated heterocycles. The zero-order chi connectivity index (χ0) is 20.2. The van der Waals surface area contributed by atoms with Crippen LogP contribution < -0.4 is 5.32 Å². The summed E-state index contributed by atoms with van der Waals surface area (Å²) < 4.78 is 4.37. The van der Waals surface area contributed by atoms with Crippen molar-refractivity contribution in [1.29, 1.82) is 0 Å². The largest absolute Gasteiger partial charge is 0.567 e. The number of rotatable bonds is 19. The summed E-state index contributed by atoms with van der Waals surface area (Å²) in [5.74, 6) is -0.0750. The second-order valence-corrected chi connectivity index (χ2v) is 8.32. The lowest BCUT2D eigenvalue weighted by atomic mass is 10.1. The maximum Gasteiger partial charge on any atom is 0.567 e. The van der Waals surface area contributed by atoms with E-state index >= 15 is 0 Å². The molecule has 0 aliphatic rings. The van der Waals surface area contributed by atoms with Crippen LogP contribution in [0.15, 0.2) is 12.2 Å². The molecular weight excluding hydrogens is 365 g/mol. The van der Waals surface area contributed by atoms with Crippen molar-refractivity contribution in [3.05, 3.63) is 12.2 Å². The van der Waals surface area contributed by atoms with Gasteiger partial charge in [0, 0.05) is 13.0 Å². The SMILES string of the molecule is CCCCCCCC/C=C\CCCCCCCC(=O)NCCO[P+](O)(O)O. The molecule has 4 N–H and O–H groups in total. The number of hydrogen-bond acceptors (Lipinski definition) is 5. The van der Waals surface area contributed by atoms with Crippen LogP contribution in [0, 0.1) is 0 Å². The van der Waals surface area contributed by atoms with E-state index in [-0.39, 0.29) is 19.1 Å². The highest BCUT2D eigenvalue weighted by Gasteiger charge is 2.32. The maximum atomic E-state index is 11.5. The highest BCUT2D eigenvalue weighted by atomic mass is 31.2. The number of hydrogen-bond donors (Lipinski definition) is 4. The average Bonchev–Trinajstić information content (AvgIpc) is 2.61. The molecule has 0 aromatic carbocycles. The van der Waals surface area contributed by atoms with Crippen molar-refractivity contribution < 1.29 is 24.0 Å². The Kier molecular flexibility index (Phi) is 18.5. The van der Waals surface area contributed by atoms with Gasteiger partial charge < -0.3 is 5.32 Å². The molecule has 1 amide bonds. The molecule has 6 nitrogen and oxygen atoms in total. The lowest BCUT2D eigenvalue weighted by Gasteiger charge is -2.05. The molecule has 0 bridgehead atoms. The smallest absolute Gasteiger partial charge is 0.354 e. The fourth-order valence-corrected chi connectivity index (χ4v) is 3.14. The Balaban J connectivity index is 3.26. The molecular formula is C20H41NO5P+. The van der Waals surface area contributed by atoms with Gasteiger partial charge in [0.2, 0.25) is 5.91 Å². The number of nitrogens with one attached hydrogen (secondary N) is 1. The molecule has 0 fully saturated rings. The summed E-state index contributed by atoms with van der Waals surface area (Å²) in [5.41, 5.74) is 0. The first-order valence-electron chi connectivity index (χ1n) is 10.6. The second-order valence-electron chi connectivity index (χ2n) is 7.03. The average molecular weight is 407 g/mol. The third-order valence-electron chi connectivity index (χ3n) is 4.35. The first kappa shape index (κ1) is 26.5. The van der Waals surface area contributed by atoms with Gasteiger partial charge >= 0.3 is 8.17 Å². The molecule has 0 unspecified atom stereocenters. The third-order valence-corrected chi connectivity index (χ3v) is 4.88. The third kappa shape index (κ3) is 23.4. The van der Waals surface area contributed by atoms with E-state index in [1.807, 2.05) is 0 Å². The van der Waals surface area contributed by atoms with Crippen LogP contribution >= 0.6 is 8.17 Å². The van der Waals surface area contributed by atoms with E-state index in [1.54, 1.807) is 0 Å². The van der Waals surface area contributed by atoms with Crippen molar-refractivity contribution in [3.63, 3.8) is 0 Å². The molecule has 0 aromatic heterocycles. The monoisotopic (exact) mass is 406 g/mol. The van der Waals surface area contributed by atoms with Crippen molar-refractivity contribution in [2.45, 2.75) is 96.8 Å². The fourth-order valence-electron chi connectivity index (χ4n) is 2.80. The van der Waals surface area contributed by atoms with E-state index in [0.717, 1.165) is 25.7 Å². The van der Waals surface area contributed by atoms with Crippen LogP contribution in [-0.2, 0) is 9.32 Å². The van der Waals surface area contributed by atoms with Gasteiger partial charge in [0.1, 0.15) is 6.61 Å². The molecule has 0 radical (unpaired) electrons. The fraction of sp³-hybridized carbons (Fsp3) is 0.850. The minimum Gasteiger partial charge on any atom is -0.354 e. The number of allylic oxidation sites excluding steroid dienone is 2. The number of amides is 1. The number of carbonyl (C=O) groups is 1. The molecule has 0 aromatic rings. The van der Waals surface area contributed by atoms with Gasteiger partial charge in [-0.3, -0.25) is 4.79 Å². The van der Waals surface area contributed by atoms with Crippen molar-refractivity contribution in [2.75, 3.05) is 13.2 Å². The van der Waals surface area contributed by atoms with Crippen LogP contribution in [0.2, 0.25) is 0 Å². The van der Waals surface area contributed by atoms with Gasteiger partial charge in [-0.25, -0.2) is 0 Å². The van der Waals surface area contributed by atoms with Gasteiger partial charge in [0.15, 0.2) is 0 Å². The van der Waals surface area contributed by atoms with E-state index in [9.17, 15) is 4.79 Å². The highest BCUT2D eigenvalue weighted by molar-refractivity contribution is 7.53. The first-order chi connectivity index (χ1) is 13.0. The number of carbonyl (C=O) groups excluding carboxylic acids is 1. The Labute approximate surface area is 166 Å². The van der Waals surface area contributed by atoms with Gasteiger partial charge in [-0.15, -0.1) is 0 Å². The Bertz CT molecular complexity index is 372. The predicted octanol–water partition coefficient (Wildman–Crippen LogP) is 4.81. The van der Waals surface area contributed by atoms with Crippen LogP contribution in [0.4, 0.5) is 0 Å². The van der Waals surface area contributed by atoms with Gasteiger partial charge in [-0.05, 0) is 32.1 Å². The van der Waals surface area contributed by atoms with E-state index in [1.165, 1.54) is 57.8 Å². The van der Waals surface area contributed by atoms with E-state index in [2.05, 4.69) is 28.9 Å². The molecule has 0 aliphatic carbocycles. The van der Waals surface area contributed by atoms with Crippen LogP contribution in [0.3, 0.4) is 0 Å². The second kappa shape index (κ2) is 18.8. The zero-order valence-corrected chi connectivity index (χ0v) is 18.0. The number of unbranched alkanes of at least 4 members (excludes halogenated alkanes) is 11. The standard InChI is InChI=1S/C20H40NO5P/c1-2-3-4-5-6-7-8-9-10-11-12-13-14-15-16-17-20(22)21-18-19-26-27(23,24)25/h9-10,23-25H,2-8,11-19H2,1H3/p+1/b10-9-. The van der Waals surface area contributed by atoms with Crippen LogP contribution in [0.5, 0.6) is 0 Å². The van der Waals surface area contributed by atoms with Crippen molar-refractivity contribution in [3.8, 4) is 0 Å². The Hall–Kier alpha value is -0.520. The van der Waals surface area contributed by atoms with Crippen molar-refractivity contribution >= 4 is 14.1 Å². The predicted molar refractivity (Wildman–Crippen MR) is 112 cm³/mol. The summed E-state index contributed by atoms with van der Waals surface area (Å²) in [5, 5.41) is 2.62.